The van der Waals surface area contributed by atoms with Gasteiger partial charge in [-0.3, -0.25) is 4.79 Å². The minimum Gasteiger partial charge on any atom is -0.302 e. The van der Waals surface area contributed by atoms with Gasteiger partial charge in [0.25, 0.3) is 0 Å². The summed E-state index contributed by atoms with van der Waals surface area (Å²) in [4.78, 5) is 16.5. The molecule has 0 fully saturated rings. The number of hydrogen-bond donors (Lipinski definition) is 1. The quantitative estimate of drug-likeness (QED) is 0.717. The third kappa shape index (κ3) is 3.81. The number of carbonyl (C=O) groups is 1. The van der Waals surface area contributed by atoms with Crippen molar-refractivity contribution in [2.24, 2.45) is 0 Å². The Morgan fingerprint density at radius 1 is 1.09 bits per heavy atom. The number of nitrogens with one attached hydrogen (secondary N) is 1. The zero-order valence-electron chi connectivity index (χ0n) is 11.6. The molecule has 1 heterocycles. The summed E-state index contributed by atoms with van der Waals surface area (Å²) in [5.41, 5.74) is 2.89. The van der Waals surface area contributed by atoms with Crippen LogP contribution in [-0.4, -0.2) is 10.9 Å². The molecule has 0 saturated heterocycles. The molecule has 110 valence electrons. The number of anilines is 1. The standard InChI is InChI=1S/C17H13BrN2OS/c18-14-8-6-13(7-9-14)15-11-22-17(19-15)20-16(21)10-12-4-2-1-3-5-12/h1-9,11H,10H2,(H,19,20,21). The van der Waals surface area contributed by atoms with Crippen LogP contribution >= 0.6 is 27.3 Å². The number of aromatic nitrogens is 1. The van der Waals surface area contributed by atoms with Gasteiger partial charge in [0.1, 0.15) is 0 Å². The van der Waals surface area contributed by atoms with E-state index in [4.69, 9.17) is 0 Å². The first-order valence-corrected chi connectivity index (χ1v) is 8.43. The van der Waals surface area contributed by atoms with Crippen LogP contribution in [0.5, 0.6) is 0 Å². The molecule has 2 aromatic carbocycles. The number of amides is 1. The number of hydrogen-bond acceptors (Lipinski definition) is 3. The lowest BCUT2D eigenvalue weighted by Gasteiger charge is -2.01. The fourth-order valence-corrected chi connectivity index (χ4v) is 3.03. The van der Waals surface area contributed by atoms with E-state index in [0.29, 0.717) is 11.6 Å². The summed E-state index contributed by atoms with van der Waals surface area (Å²) < 4.78 is 1.03. The molecule has 0 aliphatic rings. The molecular weight excluding hydrogens is 360 g/mol. The Balaban J connectivity index is 1.66. The summed E-state index contributed by atoms with van der Waals surface area (Å²) in [6.45, 7) is 0. The Morgan fingerprint density at radius 2 is 1.82 bits per heavy atom. The molecule has 0 unspecified atom stereocenters. The van der Waals surface area contributed by atoms with Crippen LogP contribution < -0.4 is 5.32 Å². The Kier molecular flexibility index (Phi) is 4.65. The fourth-order valence-electron chi connectivity index (χ4n) is 2.03. The van der Waals surface area contributed by atoms with Gasteiger partial charge in [-0.15, -0.1) is 11.3 Å². The maximum absolute atomic E-state index is 12.0. The van der Waals surface area contributed by atoms with Crippen LogP contribution in [0.15, 0.2) is 64.5 Å². The first-order valence-electron chi connectivity index (χ1n) is 6.76. The lowest BCUT2D eigenvalue weighted by atomic mass is 10.1. The number of halogens is 1. The van der Waals surface area contributed by atoms with E-state index in [0.717, 1.165) is 21.3 Å². The van der Waals surface area contributed by atoms with Crippen molar-refractivity contribution in [1.29, 1.82) is 0 Å². The SMILES string of the molecule is O=C(Cc1ccccc1)Nc1nc(-c2ccc(Br)cc2)cs1. The van der Waals surface area contributed by atoms with E-state index in [1.54, 1.807) is 0 Å². The minimum absolute atomic E-state index is 0.0529. The van der Waals surface area contributed by atoms with Crippen molar-refractivity contribution in [2.45, 2.75) is 6.42 Å². The van der Waals surface area contributed by atoms with Crippen LogP contribution in [-0.2, 0) is 11.2 Å². The zero-order valence-corrected chi connectivity index (χ0v) is 14.0. The van der Waals surface area contributed by atoms with Crippen molar-refractivity contribution in [3.63, 3.8) is 0 Å². The molecule has 22 heavy (non-hydrogen) atoms. The summed E-state index contributed by atoms with van der Waals surface area (Å²) >= 11 is 4.85. The number of nitrogens with zero attached hydrogens (tertiary/aromatic N) is 1. The van der Waals surface area contributed by atoms with Crippen LogP contribution in [0.3, 0.4) is 0 Å². The maximum Gasteiger partial charge on any atom is 0.230 e. The first kappa shape index (κ1) is 14.9. The molecule has 1 amide bonds. The van der Waals surface area contributed by atoms with Crippen molar-refractivity contribution in [3.8, 4) is 11.3 Å². The highest BCUT2D eigenvalue weighted by molar-refractivity contribution is 9.10. The minimum atomic E-state index is -0.0529. The molecule has 0 radical (unpaired) electrons. The average molecular weight is 373 g/mol. The van der Waals surface area contributed by atoms with Crippen LogP contribution in [0.4, 0.5) is 5.13 Å². The van der Waals surface area contributed by atoms with Crippen molar-refractivity contribution < 1.29 is 4.79 Å². The van der Waals surface area contributed by atoms with Gasteiger partial charge in [0.2, 0.25) is 5.91 Å². The highest BCUT2D eigenvalue weighted by Crippen LogP contribution is 2.26. The van der Waals surface area contributed by atoms with Crippen molar-refractivity contribution >= 4 is 38.3 Å². The third-order valence-corrected chi connectivity index (χ3v) is 4.38. The van der Waals surface area contributed by atoms with Gasteiger partial charge >= 0.3 is 0 Å². The molecule has 1 N–H and O–H groups in total. The van der Waals surface area contributed by atoms with Gasteiger partial charge in [-0.05, 0) is 17.7 Å². The van der Waals surface area contributed by atoms with Crippen LogP contribution in [0.25, 0.3) is 11.3 Å². The number of benzene rings is 2. The van der Waals surface area contributed by atoms with Gasteiger partial charge in [-0.1, -0.05) is 58.4 Å². The molecule has 0 atom stereocenters. The van der Waals surface area contributed by atoms with Crippen LogP contribution in [0, 0.1) is 0 Å². The molecule has 0 spiro atoms. The highest BCUT2D eigenvalue weighted by Gasteiger charge is 2.08. The first-order chi connectivity index (χ1) is 10.7. The Labute approximate surface area is 141 Å². The summed E-state index contributed by atoms with van der Waals surface area (Å²) in [6.07, 6.45) is 0.355. The van der Waals surface area contributed by atoms with E-state index in [9.17, 15) is 4.79 Å². The van der Waals surface area contributed by atoms with Gasteiger partial charge in [0.05, 0.1) is 12.1 Å². The second-order valence-electron chi connectivity index (χ2n) is 4.76. The summed E-state index contributed by atoms with van der Waals surface area (Å²) in [5, 5.41) is 5.42. The molecule has 0 aliphatic heterocycles. The smallest absolute Gasteiger partial charge is 0.230 e. The number of rotatable bonds is 4. The van der Waals surface area contributed by atoms with Gasteiger partial charge in [0.15, 0.2) is 5.13 Å². The normalized spacial score (nSPS) is 10.4. The lowest BCUT2D eigenvalue weighted by Crippen LogP contribution is -2.14. The highest BCUT2D eigenvalue weighted by atomic mass is 79.9. The van der Waals surface area contributed by atoms with Crippen molar-refractivity contribution in [1.82, 2.24) is 4.98 Å². The van der Waals surface area contributed by atoms with Crippen molar-refractivity contribution in [3.05, 3.63) is 70.0 Å². The fraction of sp³-hybridized carbons (Fsp3) is 0.0588. The molecule has 0 bridgehead atoms. The molecule has 1 aromatic heterocycles. The van der Waals surface area contributed by atoms with Crippen LogP contribution in [0.2, 0.25) is 0 Å². The topological polar surface area (TPSA) is 42.0 Å². The van der Waals surface area contributed by atoms with E-state index < -0.39 is 0 Å². The van der Waals surface area contributed by atoms with E-state index in [1.165, 1.54) is 11.3 Å². The summed E-state index contributed by atoms with van der Waals surface area (Å²) in [5.74, 6) is -0.0529. The second kappa shape index (κ2) is 6.85. The summed E-state index contributed by atoms with van der Waals surface area (Å²) in [6, 6.07) is 17.6. The Morgan fingerprint density at radius 3 is 2.55 bits per heavy atom. The molecule has 0 aliphatic carbocycles. The molecular formula is C17H13BrN2OS. The molecule has 3 aromatic rings. The molecule has 0 saturated carbocycles. The Hall–Kier alpha value is -1.98. The van der Waals surface area contributed by atoms with E-state index in [1.807, 2.05) is 60.0 Å². The predicted molar refractivity (Wildman–Crippen MR) is 94.0 cm³/mol. The maximum atomic E-state index is 12.0. The lowest BCUT2D eigenvalue weighted by molar-refractivity contribution is -0.115. The van der Waals surface area contributed by atoms with E-state index in [-0.39, 0.29) is 5.91 Å². The average Bonchev–Trinajstić information content (AvgIpc) is 2.97. The van der Waals surface area contributed by atoms with Crippen LogP contribution in [0.1, 0.15) is 5.56 Å². The van der Waals surface area contributed by atoms with Gasteiger partial charge in [0, 0.05) is 15.4 Å². The van der Waals surface area contributed by atoms with E-state index >= 15 is 0 Å². The molecule has 3 rings (SSSR count). The predicted octanol–water partition coefficient (Wildman–Crippen LogP) is 4.75. The number of carbonyl (C=O) groups excluding carboxylic acids is 1. The van der Waals surface area contributed by atoms with Gasteiger partial charge in [-0.2, -0.15) is 0 Å². The largest absolute Gasteiger partial charge is 0.302 e. The Bertz CT molecular complexity index is 769. The zero-order chi connectivity index (χ0) is 15.4. The number of thiazole rings is 1. The van der Waals surface area contributed by atoms with E-state index in [2.05, 4.69) is 26.2 Å². The monoisotopic (exact) mass is 372 g/mol. The van der Waals surface area contributed by atoms with Crippen molar-refractivity contribution in [2.75, 3.05) is 5.32 Å². The second-order valence-corrected chi connectivity index (χ2v) is 6.53. The molecule has 3 nitrogen and oxygen atoms in total. The van der Waals surface area contributed by atoms with Gasteiger partial charge in [-0.25, -0.2) is 4.98 Å². The van der Waals surface area contributed by atoms with Gasteiger partial charge < -0.3 is 5.32 Å². The molecule has 5 heteroatoms. The summed E-state index contributed by atoms with van der Waals surface area (Å²) in [7, 11) is 0. The third-order valence-electron chi connectivity index (χ3n) is 3.10.